The Morgan fingerprint density at radius 1 is 1.20 bits per heavy atom. The van der Waals surface area contributed by atoms with E-state index in [4.69, 9.17) is 5.73 Å². The van der Waals surface area contributed by atoms with Crippen LogP contribution < -0.4 is 16.0 Å². The lowest BCUT2D eigenvalue weighted by Gasteiger charge is -2.39. The molecule has 30 heavy (non-hydrogen) atoms. The molecule has 0 saturated carbocycles. The normalized spacial score (nSPS) is 20.4. The Morgan fingerprint density at radius 2 is 1.87 bits per heavy atom. The molecule has 3 rings (SSSR count). The van der Waals surface area contributed by atoms with Crippen molar-refractivity contribution in [2.45, 2.75) is 45.8 Å². The highest BCUT2D eigenvalue weighted by Crippen LogP contribution is 2.37. The number of halogens is 3. The Bertz CT molecular complexity index is 915. The molecule has 1 aliphatic rings. The number of amides is 1. The molecule has 2 atom stereocenters. The van der Waals surface area contributed by atoms with Crippen LogP contribution in [0.5, 0.6) is 0 Å². The van der Waals surface area contributed by atoms with E-state index in [1.807, 2.05) is 18.7 Å². The average molecular weight is 423 g/mol. The molecule has 1 fully saturated rings. The number of aromatic nitrogens is 2. The third-order valence-electron chi connectivity index (χ3n) is 5.47. The first-order chi connectivity index (χ1) is 14.0. The van der Waals surface area contributed by atoms with Crippen molar-refractivity contribution in [2.75, 3.05) is 24.5 Å². The molecule has 3 N–H and O–H groups in total. The molecule has 0 bridgehead atoms. The highest BCUT2D eigenvalue weighted by molar-refractivity contribution is 5.91. The maximum Gasteiger partial charge on any atom is 0.418 e. The van der Waals surface area contributed by atoms with Gasteiger partial charge in [0.1, 0.15) is 11.0 Å². The number of alkyl halides is 3. The molecule has 1 aromatic heterocycles. The number of carbonyl (C=O) groups is 1. The lowest BCUT2D eigenvalue weighted by Crippen LogP contribution is -2.51. The Balaban J connectivity index is 1.85. The molecule has 0 aliphatic carbocycles. The molecule has 1 aliphatic heterocycles. The van der Waals surface area contributed by atoms with Gasteiger partial charge < -0.3 is 16.0 Å². The van der Waals surface area contributed by atoms with Crippen molar-refractivity contribution in [3.05, 3.63) is 30.1 Å². The monoisotopic (exact) mass is 423 g/mol. The molecule has 1 saturated heterocycles. The van der Waals surface area contributed by atoms with Crippen molar-refractivity contribution in [1.29, 1.82) is 0 Å². The van der Waals surface area contributed by atoms with Gasteiger partial charge in [0.25, 0.3) is 0 Å². The fourth-order valence-electron chi connectivity index (χ4n) is 3.96. The number of piperidine rings is 1. The topological polar surface area (TPSA) is 84.1 Å². The fraction of sp³-hybridized carbons (Fsp3) is 0.571. The van der Waals surface area contributed by atoms with Gasteiger partial charge in [-0.15, -0.1) is 0 Å². The number of hydrogen-bond acceptors (Lipinski definition) is 5. The summed E-state index contributed by atoms with van der Waals surface area (Å²) >= 11 is 0. The third kappa shape index (κ3) is 5.00. The van der Waals surface area contributed by atoms with Crippen LogP contribution in [0.1, 0.15) is 39.2 Å². The van der Waals surface area contributed by atoms with Gasteiger partial charge in [-0.1, -0.05) is 20.8 Å². The maximum atomic E-state index is 13.4. The van der Waals surface area contributed by atoms with Gasteiger partial charge in [0.15, 0.2) is 0 Å². The molecular weight excluding hydrogens is 395 g/mol. The predicted octanol–water partition coefficient (Wildman–Crippen LogP) is 3.35. The minimum absolute atomic E-state index is 0.0680. The summed E-state index contributed by atoms with van der Waals surface area (Å²) in [6.45, 7) is 7.51. The van der Waals surface area contributed by atoms with Crippen LogP contribution in [0.4, 0.5) is 18.9 Å². The number of hydrogen-bond donors (Lipinski definition) is 2. The summed E-state index contributed by atoms with van der Waals surface area (Å²) in [6.07, 6.45) is -0.719. The summed E-state index contributed by atoms with van der Waals surface area (Å²) in [5.41, 5.74) is 5.29. The Hall–Kier alpha value is -2.42. The van der Waals surface area contributed by atoms with E-state index in [2.05, 4.69) is 22.2 Å². The molecule has 1 amide bonds. The second-order valence-electron chi connectivity index (χ2n) is 8.94. The van der Waals surface area contributed by atoms with Crippen molar-refractivity contribution in [1.82, 2.24) is 15.3 Å². The number of fused-ring (bicyclic) bond motifs is 1. The van der Waals surface area contributed by atoms with Crippen LogP contribution in [0.3, 0.4) is 0 Å². The molecule has 9 heteroatoms. The summed E-state index contributed by atoms with van der Waals surface area (Å²) in [5.74, 6) is 0.183. The van der Waals surface area contributed by atoms with Crippen LogP contribution in [0.2, 0.25) is 0 Å². The van der Waals surface area contributed by atoms with Crippen molar-refractivity contribution in [2.24, 2.45) is 17.1 Å². The molecule has 1 aromatic carbocycles. The Kier molecular flexibility index (Phi) is 6.21. The number of nitrogens with two attached hydrogens (primary N) is 1. The van der Waals surface area contributed by atoms with Gasteiger partial charge in [-0.25, -0.2) is 0 Å². The SMILES string of the molecule is C[C@H]1C[C@@H](NC(=O)CC(C)(C)CN)CN(c2ccc(C(F)(F)F)c3nccnc23)C1. The third-order valence-corrected chi connectivity index (χ3v) is 5.47. The smallest absolute Gasteiger partial charge is 0.367 e. The van der Waals surface area contributed by atoms with Crippen molar-refractivity contribution in [3.8, 4) is 0 Å². The van der Waals surface area contributed by atoms with Crippen LogP contribution in [0, 0.1) is 11.3 Å². The van der Waals surface area contributed by atoms with E-state index in [1.54, 1.807) is 0 Å². The lowest BCUT2D eigenvalue weighted by atomic mass is 9.88. The standard InChI is InChI=1S/C21H28F3N5O/c1-13-8-14(28-17(30)9-20(2,3)12-25)11-29(10-13)16-5-4-15(21(22,23)24)18-19(16)27-7-6-26-18/h4-7,13-14H,8-12,25H2,1-3H3,(H,28,30)/t13-,14+/m0/s1. The lowest BCUT2D eigenvalue weighted by molar-refractivity contribution is -0.136. The second-order valence-corrected chi connectivity index (χ2v) is 8.94. The molecule has 2 aromatic rings. The van der Waals surface area contributed by atoms with Gasteiger partial charge in [-0.2, -0.15) is 13.2 Å². The summed E-state index contributed by atoms with van der Waals surface area (Å²) in [4.78, 5) is 22.6. The van der Waals surface area contributed by atoms with Gasteiger partial charge in [-0.05, 0) is 36.4 Å². The van der Waals surface area contributed by atoms with Crippen LogP contribution in [-0.2, 0) is 11.0 Å². The van der Waals surface area contributed by atoms with Crippen molar-refractivity contribution < 1.29 is 18.0 Å². The average Bonchev–Trinajstić information content (AvgIpc) is 2.65. The zero-order chi connectivity index (χ0) is 22.1. The van der Waals surface area contributed by atoms with E-state index < -0.39 is 11.7 Å². The fourth-order valence-corrected chi connectivity index (χ4v) is 3.96. The van der Waals surface area contributed by atoms with E-state index >= 15 is 0 Å². The van der Waals surface area contributed by atoms with Crippen LogP contribution in [0.15, 0.2) is 24.5 Å². The quantitative estimate of drug-likeness (QED) is 0.771. The number of rotatable bonds is 5. The number of benzene rings is 1. The van der Waals surface area contributed by atoms with Gasteiger partial charge in [0.2, 0.25) is 5.91 Å². The van der Waals surface area contributed by atoms with Gasteiger partial charge >= 0.3 is 6.18 Å². The number of carbonyl (C=O) groups excluding carboxylic acids is 1. The summed E-state index contributed by atoms with van der Waals surface area (Å²) in [7, 11) is 0. The van der Waals surface area contributed by atoms with E-state index in [0.29, 0.717) is 31.7 Å². The summed E-state index contributed by atoms with van der Waals surface area (Å²) in [6, 6.07) is 2.40. The minimum Gasteiger partial charge on any atom is -0.367 e. The zero-order valence-corrected chi connectivity index (χ0v) is 17.5. The van der Waals surface area contributed by atoms with Gasteiger partial charge in [0.05, 0.1) is 11.3 Å². The van der Waals surface area contributed by atoms with Crippen molar-refractivity contribution >= 4 is 22.6 Å². The summed E-state index contributed by atoms with van der Waals surface area (Å²) in [5, 5.41) is 3.07. The van der Waals surface area contributed by atoms with E-state index in [0.717, 1.165) is 12.5 Å². The largest absolute Gasteiger partial charge is 0.418 e. The van der Waals surface area contributed by atoms with Crippen LogP contribution in [-0.4, -0.2) is 41.6 Å². The van der Waals surface area contributed by atoms with Crippen LogP contribution >= 0.6 is 0 Å². The molecule has 2 heterocycles. The highest BCUT2D eigenvalue weighted by atomic mass is 19.4. The first-order valence-electron chi connectivity index (χ1n) is 10.1. The van der Waals surface area contributed by atoms with Gasteiger partial charge in [0, 0.05) is 37.9 Å². The first-order valence-corrected chi connectivity index (χ1v) is 10.1. The van der Waals surface area contributed by atoms with Crippen LogP contribution in [0.25, 0.3) is 11.0 Å². The van der Waals surface area contributed by atoms with Crippen molar-refractivity contribution in [3.63, 3.8) is 0 Å². The molecule has 0 spiro atoms. The number of nitrogens with zero attached hydrogens (tertiary/aromatic N) is 3. The first kappa shape index (κ1) is 22.3. The summed E-state index contributed by atoms with van der Waals surface area (Å²) < 4.78 is 40.2. The Morgan fingerprint density at radius 3 is 2.50 bits per heavy atom. The predicted molar refractivity (Wildman–Crippen MR) is 110 cm³/mol. The Labute approximate surface area is 174 Å². The van der Waals surface area contributed by atoms with E-state index in [-0.39, 0.29) is 34.3 Å². The maximum absolute atomic E-state index is 13.4. The number of anilines is 1. The highest BCUT2D eigenvalue weighted by Gasteiger charge is 2.35. The second kappa shape index (κ2) is 8.37. The zero-order valence-electron chi connectivity index (χ0n) is 17.5. The molecule has 0 unspecified atom stereocenters. The van der Waals surface area contributed by atoms with E-state index in [1.165, 1.54) is 18.5 Å². The van der Waals surface area contributed by atoms with E-state index in [9.17, 15) is 18.0 Å². The molecule has 6 nitrogen and oxygen atoms in total. The number of nitrogens with one attached hydrogen (secondary N) is 1. The molecule has 164 valence electrons. The van der Waals surface area contributed by atoms with Gasteiger partial charge in [-0.3, -0.25) is 14.8 Å². The molecular formula is C21H28F3N5O. The molecule has 0 radical (unpaired) electrons. The minimum atomic E-state index is -4.51.